The monoisotopic (exact) mass is 330 g/mol. The molecule has 6 nitrogen and oxygen atoms in total. The summed E-state index contributed by atoms with van der Waals surface area (Å²) in [7, 11) is 0. The SMILES string of the molecule is Cc1ccc(C)c(N2C(=O)CC(N3CCC(C(=O)O)CC3)C2=O)c1. The number of piperidine rings is 1. The van der Waals surface area contributed by atoms with Crippen LogP contribution in [-0.2, 0) is 14.4 Å². The second kappa shape index (κ2) is 6.36. The third kappa shape index (κ3) is 2.94. The van der Waals surface area contributed by atoms with E-state index in [0.29, 0.717) is 31.6 Å². The van der Waals surface area contributed by atoms with Gasteiger partial charge in [0.05, 0.1) is 24.1 Å². The van der Waals surface area contributed by atoms with Gasteiger partial charge in [-0.3, -0.25) is 19.3 Å². The standard InChI is InChI=1S/C18H22N2O4/c1-11-3-4-12(2)14(9-11)20-16(21)10-15(17(20)22)19-7-5-13(6-8-19)18(23)24/h3-4,9,13,15H,5-8,10H2,1-2H3,(H,23,24). The molecular weight excluding hydrogens is 308 g/mol. The minimum atomic E-state index is -0.777. The Balaban J connectivity index is 1.78. The number of carboxylic acids is 1. The van der Waals surface area contributed by atoms with Crippen LogP contribution in [-0.4, -0.2) is 46.9 Å². The van der Waals surface area contributed by atoms with Gasteiger partial charge in [0.1, 0.15) is 0 Å². The van der Waals surface area contributed by atoms with Crippen molar-refractivity contribution in [2.75, 3.05) is 18.0 Å². The molecule has 6 heteroatoms. The van der Waals surface area contributed by atoms with Gasteiger partial charge in [-0.1, -0.05) is 12.1 Å². The minimum absolute atomic E-state index is 0.171. The number of anilines is 1. The molecule has 2 heterocycles. The predicted molar refractivity (Wildman–Crippen MR) is 88.7 cm³/mol. The molecule has 1 atom stereocenters. The van der Waals surface area contributed by atoms with Crippen LogP contribution in [0.2, 0.25) is 0 Å². The molecule has 2 amide bonds. The fraction of sp³-hybridized carbons (Fsp3) is 0.500. The van der Waals surface area contributed by atoms with Crippen molar-refractivity contribution >= 4 is 23.5 Å². The smallest absolute Gasteiger partial charge is 0.306 e. The molecule has 1 unspecified atom stereocenters. The van der Waals surface area contributed by atoms with Crippen LogP contribution >= 0.6 is 0 Å². The van der Waals surface area contributed by atoms with E-state index < -0.39 is 12.0 Å². The first kappa shape index (κ1) is 16.6. The molecule has 2 saturated heterocycles. The lowest BCUT2D eigenvalue weighted by molar-refractivity contribution is -0.143. The lowest BCUT2D eigenvalue weighted by Gasteiger charge is -2.33. The highest BCUT2D eigenvalue weighted by Crippen LogP contribution is 2.31. The molecule has 128 valence electrons. The Kier molecular flexibility index (Phi) is 4.41. The van der Waals surface area contributed by atoms with Gasteiger partial charge in [-0.25, -0.2) is 4.90 Å². The van der Waals surface area contributed by atoms with Gasteiger partial charge in [-0.2, -0.15) is 0 Å². The molecule has 24 heavy (non-hydrogen) atoms. The quantitative estimate of drug-likeness (QED) is 0.854. The summed E-state index contributed by atoms with van der Waals surface area (Å²) in [6, 6.07) is 5.27. The Bertz CT molecular complexity index is 692. The molecule has 2 fully saturated rings. The number of carbonyl (C=O) groups is 3. The van der Waals surface area contributed by atoms with Crippen LogP contribution in [0.1, 0.15) is 30.4 Å². The van der Waals surface area contributed by atoms with Crippen LogP contribution in [0, 0.1) is 19.8 Å². The van der Waals surface area contributed by atoms with E-state index in [4.69, 9.17) is 5.11 Å². The highest BCUT2D eigenvalue weighted by atomic mass is 16.4. The number of imide groups is 1. The summed E-state index contributed by atoms with van der Waals surface area (Å²) < 4.78 is 0. The molecule has 1 aromatic rings. The average molecular weight is 330 g/mol. The van der Waals surface area contributed by atoms with E-state index in [1.54, 1.807) is 0 Å². The molecule has 3 rings (SSSR count). The minimum Gasteiger partial charge on any atom is -0.481 e. The third-order valence-corrected chi connectivity index (χ3v) is 5.05. The first-order valence-electron chi connectivity index (χ1n) is 8.29. The summed E-state index contributed by atoms with van der Waals surface area (Å²) in [5.41, 5.74) is 2.56. The van der Waals surface area contributed by atoms with Gasteiger partial charge in [-0.15, -0.1) is 0 Å². The maximum Gasteiger partial charge on any atom is 0.306 e. The Morgan fingerprint density at radius 3 is 2.46 bits per heavy atom. The van der Waals surface area contributed by atoms with E-state index in [2.05, 4.69) is 0 Å². The number of aliphatic carboxylic acids is 1. The maximum atomic E-state index is 12.8. The molecule has 1 aromatic carbocycles. The summed E-state index contributed by atoms with van der Waals surface area (Å²) in [6.07, 6.45) is 1.22. The zero-order chi connectivity index (χ0) is 17.4. The Hall–Kier alpha value is -2.21. The fourth-order valence-corrected chi connectivity index (χ4v) is 3.57. The van der Waals surface area contributed by atoms with Gasteiger partial charge in [0, 0.05) is 0 Å². The number of aryl methyl sites for hydroxylation is 2. The molecular formula is C18H22N2O4. The zero-order valence-electron chi connectivity index (χ0n) is 14.0. The number of carboxylic acid groups (broad SMARTS) is 1. The average Bonchev–Trinajstić information content (AvgIpc) is 2.84. The van der Waals surface area contributed by atoms with Gasteiger partial charge < -0.3 is 5.11 Å². The summed E-state index contributed by atoms with van der Waals surface area (Å²) in [5.74, 6) is -1.49. The molecule has 2 aliphatic heterocycles. The highest BCUT2D eigenvalue weighted by molar-refractivity contribution is 6.22. The Morgan fingerprint density at radius 1 is 1.17 bits per heavy atom. The summed E-state index contributed by atoms with van der Waals surface area (Å²) in [6.45, 7) is 4.91. The van der Waals surface area contributed by atoms with E-state index in [1.807, 2.05) is 36.9 Å². The fourth-order valence-electron chi connectivity index (χ4n) is 3.57. The summed E-state index contributed by atoms with van der Waals surface area (Å²) in [5, 5.41) is 9.08. The number of hydrogen-bond donors (Lipinski definition) is 1. The first-order chi connectivity index (χ1) is 11.4. The van der Waals surface area contributed by atoms with E-state index in [0.717, 1.165) is 11.1 Å². The molecule has 0 aromatic heterocycles. The highest BCUT2D eigenvalue weighted by Gasteiger charge is 2.44. The van der Waals surface area contributed by atoms with Crippen molar-refractivity contribution in [3.63, 3.8) is 0 Å². The number of amides is 2. The lowest BCUT2D eigenvalue weighted by Crippen LogP contribution is -2.46. The number of likely N-dealkylation sites (tertiary alicyclic amines) is 1. The van der Waals surface area contributed by atoms with Crippen LogP contribution in [0.25, 0.3) is 0 Å². The van der Waals surface area contributed by atoms with Crippen molar-refractivity contribution in [2.24, 2.45) is 5.92 Å². The molecule has 0 bridgehead atoms. The van der Waals surface area contributed by atoms with Gasteiger partial charge in [0.25, 0.3) is 5.91 Å². The van der Waals surface area contributed by atoms with E-state index >= 15 is 0 Å². The van der Waals surface area contributed by atoms with Crippen molar-refractivity contribution in [1.82, 2.24) is 4.90 Å². The summed E-state index contributed by atoms with van der Waals surface area (Å²) in [4.78, 5) is 39.6. The molecule has 2 aliphatic rings. The number of nitrogens with zero attached hydrogens (tertiary/aromatic N) is 2. The van der Waals surface area contributed by atoms with Crippen molar-refractivity contribution in [1.29, 1.82) is 0 Å². The maximum absolute atomic E-state index is 12.8. The Labute approximate surface area is 141 Å². The topological polar surface area (TPSA) is 77.9 Å². The van der Waals surface area contributed by atoms with Gasteiger partial charge >= 0.3 is 5.97 Å². The van der Waals surface area contributed by atoms with Gasteiger partial charge in [-0.05, 0) is 57.0 Å². The number of benzene rings is 1. The second-order valence-corrected chi connectivity index (χ2v) is 6.73. The van der Waals surface area contributed by atoms with Crippen LogP contribution in [0.15, 0.2) is 18.2 Å². The first-order valence-corrected chi connectivity index (χ1v) is 8.29. The van der Waals surface area contributed by atoms with Crippen molar-refractivity contribution in [3.05, 3.63) is 29.3 Å². The van der Waals surface area contributed by atoms with E-state index in [1.165, 1.54) is 4.90 Å². The number of rotatable bonds is 3. The van der Waals surface area contributed by atoms with Crippen molar-refractivity contribution < 1.29 is 19.5 Å². The summed E-state index contributed by atoms with van der Waals surface area (Å²) >= 11 is 0. The van der Waals surface area contributed by atoms with Crippen LogP contribution in [0.4, 0.5) is 5.69 Å². The number of hydrogen-bond acceptors (Lipinski definition) is 4. The number of carbonyl (C=O) groups excluding carboxylic acids is 2. The molecule has 1 N–H and O–H groups in total. The van der Waals surface area contributed by atoms with Gasteiger partial charge in [0.15, 0.2) is 0 Å². The van der Waals surface area contributed by atoms with Crippen molar-refractivity contribution in [3.8, 4) is 0 Å². The van der Waals surface area contributed by atoms with Crippen LogP contribution in [0.3, 0.4) is 0 Å². The molecule has 0 radical (unpaired) electrons. The Morgan fingerprint density at radius 2 is 1.83 bits per heavy atom. The largest absolute Gasteiger partial charge is 0.481 e. The van der Waals surface area contributed by atoms with Gasteiger partial charge in [0.2, 0.25) is 5.91 Å². The van der Waals surface area contributed by atoms with E-state index in [9.17, 15) is 14.4 Å². The van der Waals surface area contributed by atoms with Crippen molar-refractivity contribution in [2.45, 2.75) is 39.2 Å². The molecule has 0 aliphatic carbocycles. The van der Waals surface area contributed by atoms with Crippen LogP contribution in [0.5, 0.6) is 0 Å². The third-order valence-electron chi connectivity index (χ3n) is 5.05. The zero-order valence-corrected chi connectivity index (χ0v) is 14.0. The van der Waals surface area contributed by atoms with Crippen LogP contribution < -0.4 is 4.90 Å². The second-order valence-electron chi connectivity index (χ2n) is 6.73. The molecule has 0 saturated carbocycles. The lowest BCUT2D eigenvalue weighted by atomic mass is 9.95. The molecule has 0 spiro atoms. The normalized spacial score (nSPS) is 23.1. The van der Waals surface area contributed by atoms with E-state index in [-0.39, 0.29) is 24.2 Å². The predicted octanol–water partition coefficient (Wildman–Crippen LogP) is 1.73.